The SMILES string of the molecule is Cc1ccc(S(C)(=O)=O)cc1C(=O)OCc1cc(-c2ccc(Cl)cc2)no1. The van der Waals surface area contributed by atoms with Crippen LogP contribution in [0.25, 0.3) is 11.3 Å². The summed E-state index contributed by atoms with van der Waals surface area (Å²) in [6.07, 6.45) is 1.08. The van der Waals surface area contributed by atoms with Crippen LogP contribution in [0.4, 0.5) is 0 Å². The van der Waals surface area contributed by atoms with Crippen LogP contribution in [0.1, 0.15) is 21.7 Å². The number of rotatable bonds is 5. The predicted octanol–water partition coefficient (Wildman–Crippen LogP) is 4.06. The van der Waals surface area contributed by atoms with Gasteiger partial charge in [0.05, 0.1) is 10.5 Å². The van der Waals surface area contributed by atoms with Crippen molar-refractivity contribution in [3.05, 3.63) is 70.4 Å². The topological polar surface area (TPSA) is 86.5 Å². The maximum Gasteiger partial charge on any atom is 0.338 e. The molecule has 8 heteroatoms. The number of halogens is 1. The molecule has 0 atom stereocenters. The molecule has 27 heavy (non-hydrogen) atoms. The standard InChI is InChI=1S/C19H16ClNO5S/c1-12-3-8-16(27(2,23)24)10-17(12)19(22)25-11-15-9-18(21-26-15)13-4-6-14(20)7-5-13/h3-10H,11H2,1-2H3. The molecule has 0 bridgehead atoms. The third-order valence-corrected chi connectivity index (χ3v) is 5.26. The summed E-state index contributed by atoms with van der Waals surface area (Å²) in [6.45, 7) is 1.58. The van der Waals surface area contributed by atoms with E-state index in [1.54, 1.807) is 43.3 Å². The molecular weight excluding hydrogens is 390 g/mol. The summed E-state index contributed by atoms with van der Waals surface area (Å²) in [5, 5.41) is 4.56. The zero-order chi connectivity index (χ0) is 19.6. The second kappa shape index (κ2) is 7.54. The number of ether oxygens (including phenoxy) is 1. The number of esters is 1. The highest BCUT2D eigenvalue weighted by Gasteiger charge is 2.17. The van der Waals surface area contributed by atoms with E-state index in [9.17, 15) is 13.2 Å². The van der Waals surface area contributed by atoms with Crippen LogP contribution in [0.15, 0.2) is 57.9 Å². The van der Waals surface area contributed by atoms with Crippen LogP contribution in [-0.2, 0) is 21.2 Å². The lowest BCUT2D eigenvalue weighted by Crippen LogP contribution is -2.09. The molecule has 3 aromatic rings. The Bertz CT molecular complexity index is 1090. The Morgan fingerprint density at radius 2 is 1.85 bits per heavy atom. The maximum absolute atomic E-state index is 12.3. The summed E-state index contributed by atoms with van der Waals surface area (Å²) < 4.78 is 33.8. The van der Waals surface area contributed by atoms with Crippen molar-refractivity contribution in [3.8, 4) is 11.3 Å². The quantitative estimate of drug-likeness (QED) is 0.595. The minimum Gasteiger partial charge on any atom is -0.454 e. The van der Waals surface area contributed by atoms with Crippen LogP contribution in [0.3, 0.4) is 0 Å². The molecule has 0 aliphatic rings. The largest absolute Gasteiger partial charge is 0.454 e. The van der Waals surface area contributed by atoms with Gasteiger partial charge in [0.1, 0.15) is 5.69 Å². The number of hydrogen-bond donors (Lipinski definition) is 0. The minimum atomic E-state index is -3.42. The van der Waals surface area contributed by atoms with Gasteiger partial charge < -0.3 is 9.26 Å². The van der Waals surface area contributed by atoms with E-state index in [1.165, 1.54) is 12.1 Å². The molecule has 0 saturated heterocycles. The Morgan fingerprint density at radius 1 is 1.15 bits per heavy atom. The number of aryl methyl sites for hydroxylation is 1. The molecule has 0 spiro atoms. The monoisotopic (exact) mass is 405 g/mol. The fourth-order valence-electron chi connectivity index (χ4n) is 2.40. The number of sulfone groups is 1. The van der Waals surface area contributed by atoms with E-state index >= 15 is 0 Å². The fraction of sp³-hybridized carbons (Fsp3) is 0.158. The van der Waals surface area contributed by atoms with Crippen LogP contribution in [0, 0.1) is 6.92 Å². The van der Waals surface area contributed by atoms with Crippen molar-refractivity contribution in [2.75, 3.05) is 6.26 Å². The van der Waals surface area contributed by atoms with E-state index in [-0.39, 0.29) is 17.1 Å². The molecule has 0 fully saturated rings. The van der Waals surface area contributed by atoms with Crippen LogP contribution < -0.4 is 0 Å². The summed E-state index contributed by atoms with van der Waals surface area (Å²) in [6, 6.07) is 13.1. The van der Waals surface area contributed by atoms with Crippen molar-refractivity contribution in [1.29, 1.82) is 0 Å². The molecule has 1 aromatic heterocycles. The zero-order valence-corrected chi connectivity index (χ0v) is 16.2. The number of carbonyl (C=O) groups is 1. The zero-order valence-electron chi connectivity index (χ0n) is 14.6. The normalized spacial score (nSPS) is 11.4. The molecule has 0 aliphatic carbocycles. The van der Waals surface area contributed by atoms with Crippen molar-refractivity contribution in [2.24, 2.45) is 0 Å². The lowest BCUT2D eigenvalue weighted by atomic mass is 10.1. The molecular formula is C19H16ClNO5S. The van der Waals surface area contributed by atoms with Crippen molar-refractivity contribution in [1.82, 2.24) is 5.16 Å². The third kappa shape index (κ3) is 4.56. The second-order valence-electron chi connectivity index (χ2n) is 6.01. The Hall–Kier alpha value is -2.64. The molecule has 3 rings (SSSR count). The van der Waals surface area contributed by atoms with E-state index in [0.29, 0.717) is 22.0 Å². The van der Waals surface area contributed by atoms with Gasteiger partial charge in [0.2, 0.25) is 0 Å². The van der Waals surface area contributed by atoms with E-state index in [0.717, 1.165) is 11.8 Å². The smallest absolute Gasteiger partial charge is 0.338 e. The molecule has 0 unspecified atom stereocenters. The molecule has 0 radical (unpaired) electrons. The average Bonchev–Trinajstić information content (AvgIpc) is 3.08. The van der Waals surface area contributed by atoms with E-state index < -0.39 is 15.8 Å². The molecule has 0 saturated carbocycles. The van der Waals surface area contributed by atoms with Crippen LogP contribution >= 0.6 is 11.6 Å². The number of nitrogens with zero attached hydrogens (tertiary/aromatic N) is 1. The molecule has 0 N–H and O–H groups in total. The van der Waals surface area contributed by atoms with Gasteiger partial charge in [-0.15, -0.1) is 0 Å². The first kappa shape index (κ1) is 19.1. The molecule has 0 amide bonds. The molecule has 2 aromatic carbocycles. The lowest BCUT2D eigenvalue weighted by Gasteiger charge is -2.07. The first-order valence-electron chi connectivity index (χ1n) is 7.93. The van der Waals surface area contributed by atoms with Crippen molar-refractivity contribution < 1.29 is 22.5 Å². The molecule has 140 valence electrons. The van der Waals surface area contributed by atoms with Gasteiger partial charge in [0, 0.05) is 22.9 Å². The van der Waals surface area contributed by atoms with Gasteiger partial charge in [0.15, 0.2) is 22.2 Å². The average molecular weight is 406 g/mol. The summed E-state index contributed by atoms with van der Waals surface area (Å²) in [7, 11) is -3.42. The highest BCUT2D eigenvalue weighted by atomic mass is 35.5. The summed E-state index contributed by atoms with van der Waals surface area (Å²) in [5.41, 5.74) is 2.22. The van der Waals surface area contributed by atoms with Gasteiger partial charge in [-0.25, -0.2) is 13.2 Å². The van der Waals surface area contributed by atoms with Crippen LogP contribution in [0.5, 0.6) is 0 Å². The van der Waals surface area contributed by atoms with Gasteiger partial charge in [-0.2, -0.15) is 0 Å². The first-order valence-corrected chi connectivity index (χ1v) is 10.2. The highest BCUT2D eigenvalue weighted by Crippen LogP contribution is 2.22. The molecule has 6 nitrogen and oxygen atoms in total. The van der Waals surface area contributed by atoms with Crippen molar-refractivity contribution in [3.63, 3.8) is 0 Å². The number of aromatic nitrogens is 1. The first-order chi connectivity index (χ1) is 12.7. The van der Waals surface area contributed by atoms with Crippen LogP contribution in [-0.4, -0.2) is 25.8 Å². The molecule has 1 heterocycles. The van der Waals surface area contributed by atoms with E-state index in [2.05, 4.69) is 5.16 Å². The number of hydrogen-bond acceptors (Lipinski definition) is 6. The lowest BCUT2D eigenvalue weighted by molar-refractivity contribution is 0.0436. The van der Waals surface area contributed by atoms with Gasteiger partial charge >= 0.3 is 5.97 Å². The Kier molecular flexibility index (Phi) is 5.34. The van der Waals surface area contributed by atoms with E-state index in [4.69, 9.17) is 20.9 Å². The van der Waals surface area contributed by atoms with Gasteiger partial charge in [-0.05, 0) is 36.8 Å². The van der Waals surface area contributed by atoms with E-state index in [1.807, 2.05) is 0 Å². The third-order valence-electron chi connectivity index (χ3n) is 3.90. The van der Waals surface area contributed by atoms with Gasteiger partial charge in [0.25, 0.3) is 0 Å². The Balaban J connectivity index is 1.72. The maximum atomic E-state index is 12.3. The number of carbonyl (C=O) groups excluding carboxylic acids is 1. The second-order valence-corrected chi connectivity index (χ2v) is 8.46. The van der Waals surface area contributed by atoms with Gasteiger partial charge in [-0.1, -0.05) is 35.0 Å². The van der Waals surface area contributed by atoms with Gasteiger partial charge in [-0.3, -0.25) is 0 Å². The van der Waals surface area contributed by atoms with Crippen LogP contribution in [0.2, 0.25) is 5.02 Å². The summed E-state index contributed by atoms with van der Waals surface area (Å²) in [5.74, 6) is -0.271. The Labute approximate surface area is 161 Å². The summed E-state index contributed by atoms with van der Waals surface area (Å²) >= 11 is 5.86. The number of benzene rings is 2. The fourth-order valence-corrected chi connectivity index (χ4v) is 3.18. The van der Waals surface area contributed by atoms with Crippen molar-refractivity contribution in [2.45, 2.75) is 18.4 Å². The minimum absolute atomic E-state index is 0.0599. The summed E-state index contributed by atoms with van der Waals surface area (Å²) in [4.78, 5) is 12.4. The molecule has 0 aliphatic heterocycles. The van der Waals surface area contributed by atoms with Crippen molar-refractivity contribution >= 4 is 27.4 Å². The Morgan fingerprint density at radius 3 is 2.52 bits per heavy atom. The predicted molar refractivity (Wildman–Crippen MR) is 100 cm³/mol. The highest BCUT2D eigenvalue weighted by molar-refractivity contribution is 7.90.